The van der Waals surface area contributed by atoms with Gasteiger partial charge in [-0.2, -0.15) is 0 Å². The van der Waals surface area contributed by atoms with E-state index < -0.39 is 0 Å². The Labute approximate surface area is 172 Å². The molecule has 0 spiro atoms. The van der Waals surface area contributed by atoms with Gasteiger partial charge in [-0.3, -0.25) is 9.59 Å². The van der Waals surface area contributed by atoms with Crippen LogP contribution in [0.1, 0.15) is 36.0 Å². The van der Waals surface area contributed by atoms with Gasteiger partial charge in [0.05, 0.1) is 14.2 Å². The van der Waals surface area contributed by atoms with Gasteiger partial charge in [0.1, 0.15) is 11.5 Å². The van der Waals surface area contributed by atoms with Crippen molar-refractivity contribution in [1.29, 1.82) is 0 Å². The number of carbonyl (C=O) groups excluding carboxylic acids is 2. The molecule has 2 amide bonds. The largest absolute Gasteiger partial charge is 0.497 e. The minimum Gasteiger partial charge on any atom is -0.497 e. The molecule has 7 nitrogen and oxygen atoms in total. The molecule has 2 aliphatic heterocycles. The fraction of sp³-hybridized carbons (Fsp3) is 0.600. The topological polar surface area (TPSA) is 85.1 Å². The van der Waals surface area contributed by atoms with Crippen LogP contribution in [-0.2, 0) is 4.79 Å². The molecule has 0 bridgehead atoms. The van der Waals surface area contributed by atoms with E-state index in [1.165, 1.54) is 0 Å². The zero-order chi connectivity index (χ0) is 19.4. The van der Waals surface area contributed by atoms with E-state index in [1.807, 2.05) is 4.90 Å². The maximum atomic E-state index is 12.9. The molecule has 2 aliphatic rings. The normalized spacial score (nSPS) is 20.3. The van der Waals surface area contributed by atoms with Gasteiger partial charge in [0.25, 0.3) is 5.91 Å². The number of likely N-dealkylation sites (tertiary alicyclic amines) is 2. The first-order chi connectivity index (χ1) is 13.0. The van der Waals surface area contributed by atoms with Crippen molar-refractivity contribution in [1.82, 2.24) is 9.80 Å². The zero-order valence-electron chi connectivity index (χ0n) is 16.6. The standard InChI is InChI=1S/C20H29N3O4.ClH/c1-26-17-10-15(11-18(12-17)27-2)20(25)22-8-5-14(6-9-22)19(24)23-7-3-4-16(21)13-23;/h10-12,14,16H,3-9,13,21H2,1-2H3;1H. The fourth-order valence-corrected chi connectivity index (χ4v) is 3.91. The van der Waals surface area contributed by atoms with Crippen molar-refractivity contribution in [3.05, 3.63) is 23.8 Å². The number of carbonyl (C=O) groups is 2. The molecule has 3 rings (SSSR count). The van der Waals surface area contributed by atoms with Gasteiger partial charge in [-0.1, -0.05) is 0 Å². The van der Waals surface area contributed by atoms with Gasteiger partial charge in [-0.15, -0.1) is 12.4 Å². The Hall–Kier alpha value is -1.99. The molecule has 0 aromatic heterocycles. The van der Waals surface area contributed by atoms with Gasteiger partial charge < -0.3 is 25.0 Å². The molecule has 1 atom stereocenters. The highest BCUT2D eigenvalue weighted by molar-refractivity contribution is 5.95. The third kappa shape index (κ3) is 5.08. The monoisotopic (exact) mass is 411 g/mol. The summed E-state index contributed by atoms with van der Waals surface area (Å²) in [7, 11) is 3.12. The summed E-state index contributed by atoms with van der Waals surface area (Å²) in [6.07, 6.45) is 3.34. The van der Waals surface area contributed by atoms with E-state index in [9.17, 15) is 9.59 Å². The van der Waals surface area contributed by atoms with Gasteiger partial charge in [0.15, 0.2) is 0 Å². The van der Waals surface area contributed by atoms with E-state index in [-0.39, 0.29) is 36.2 Å². The molecule has 2 heterocycles. The maximum absolute atomic E-state index is 12.9. The highest BCUT2D eigenvalue weighted by Crippen LogP contribution is 2.26. The summed E-state index contributed by atoms with van der Waals surface area (Å²) >= 11 is 0. The van der Waals surface area contributed by atoms with Crippen molar-refractivity contribution < 1.29 is 19.1 Å². The predicted octanol–water partition coefficient (Wildman–Crippen LogP) is 1.93. The lowest BCUT2D eigenvalue weighted by atomic mass is 9.93. The number of piperidine rings is 2. The molecule has 156 valence electrons. The maximum Gasteiger partial charge on any atom is 0.254 e. The average molecular weight is 412 g/mol. The highest BCUT2D eigenvalue weighted by Gasteiger charge is 2.32. The third-order valence-electron chi connectivity index (χ3n) is 5.50. The number of hydrogen-bond donors (Lipinski definition) is 1. The molecule has 2 saturated heterocycles. The van der Waals surface area contributed by atoms with Crippen LogP contribution in [0.4, 0.5) is 0 Å². The van der Waals surface area contributed by atoms with E-state index in [0.29, 0.717) is 49.5 Å². The van der Waals surface area contributed by atoms with E-state index >= 15 is 0 Å². The number of rotatable bonds is 4. The Kier molecular flexibility index (Phi) is 7.95. The Morgan fingerprint density at radius 2 is 1.57 bits per heavy atom. The van der Waals surface area contributed by atoms with Crippen molar-refractivity contribution in [2.75, 3.05) is 40.4 Å². The van der Waals surface area contributed by atoms with Crippen molar-refractivity contribution in [3.63, 3.8) is 0 Å². The van der Waals surface area contributed by atoms with Gasteiger partial charge in [-0.25, -0.2) is 0 Å². The predicted molar refractivity (Wildman–Crippen MR) is 109 cm³/mol. The summed E-state index contributed by atoms with van der Waals surface area (Å²) in [6.45, 7) is 2.61. The van der Waals surface area contributed by atoms with Crippen LogP contribution in [0.3, 0.4) is 0 Å². The molecular formula is C20H30ClN3O4. The summed E-state index contributed by atoms with van der Waals surface area (Å²) < 4.78 is 10.5. The molecule has 28 heavy (non-hydrogen) atoms. The van der Waals surface area contributed by atoms with Crippen molar-refractivity contribution in [3.8, 4) is 11.5 Å². The van der Waals surface area contributed by atoms with Crippen LogP contribution in [0.5, 0.6) is 11.5 Å². The summed E-state index contributed by atoms with van der Waals surface area (Å²) in [4.78, 5) is 29.3. The Balaban J connectivity index is 0.00000280. The second-order valence-corrected chi connectivity index (χ2v) is 7.35. The molecule has 1 aromatic carbocycles. The van der Waals surface area contributed by atoms with Crippen LogP contribution in [0, 0.1) is 5.92 Å². The van der Waals surface area contributed by atoms with Gasteiger partial charge >= 0.3 is 0 Å². The quantitative estimate of drug-likeness (QED) is 0.818. The van der Waals surface area contributed by atoms with Crippen LogP contribution in [0.15, 0.2) is 18.2 Å². The molecule has 0 radical (unpaired) electrons. The van der Waals surface area contributed by atoms with Crippen LogP contribution >= 0.6 is 12.4 Å². The van der Waals surface area contributed by atoms with Gasteiger partial charge in [0, 0.05) is 49.8 Å². The number of nitrogens with two attached hydrogens (primary N) is 1. The molecule has 1 aromatic rings. The fourth-order valence-electron chi connectivity index (χ4n) is 3.91. The summed E-state index contributed by atoms with van der Waals surface area (Å²) in [5.74, 6) is 1.30. The number of halogens is 1. The SMILES string of the molecule is COc1cc(OC)cc(C(=O)N2CCC(C(=O)N3CCCC(N)C3)CC2)c1.Cl. The first-order valence-electron chi connectivity index (χ1n) is 9.58. The van der Waals surface area contributed by atoms with Crippen LogP contribution < -0.4 is 15.2 Å². The second-order valence-electron chi connectivity index (χ2n) is 7.35. The lowest BCUT2D eigenvalue weighted by Crippen LogP contribution is -2.50. The highest BCUT2D eigenvalue weighted by atomic mass is 35.5. The number of benzene rings is 1. The lowest BCUT2D eigenvalue weighted by Gasteiger charge is -2.37. The number of amides is 2. The molecule has 0 aliphatic carbocycles. The zero-order valence-corrected chi connectivity index (χ0v) is 17.4. The first kappa shape index (κ1) is 22.3. The van der Waals surface area contributed by atoms with Crippen LogP contribution in [0.2, 0.25) is 0 Å². The second kappa shape index (κ2) is 9.98. The molecule has 0 saturated carbocycles. The van der Waals surface area contributed by atoms with Gasteiger partial charge in [0.2, 0.25) is 5.91 Å². The van der Waals surface area contributed by atoms with E-state index in [4.69, 9.17) is 15.2 Å². The molecule has 2 fully saturated rings. The van der Waals surface area contributed by atoms with Crippen molar-refractivity contribution in [2.24, 2.45) is 11.7 Å². The number of methoxy groups -OCH3 is 2. The van der Waals surface area contributed by atoms with Crippen molar-refractivity contribution >= 4 is 24.2 Å². The Morgan fingerprint density at radius 3 is 2.11 bits per heavy atom. The smallest absolute Gasteiger partial charge is 0.254 e. The Bertz CT molecular complexity index is 670. The number of ether oxygens (including phenoxy) is 2. The summed E-state index contributed by atoms with van der Waals surface area (Å²) in [5.41, 5.74) is 6.54. The lowest BCUT2D eigenvalue weighted by molar-refractivity contribution is -0.138. The average Bonchev–Trinajstić information content (AvgIpc) is 2.72. The minimum atomic E-state index is -0.0573. The van der Waals surface area contributed by atoms with Crippen LogP contribution in [0.25, 0.3) is 0 Å². The van der Waals surface area contributed by atoms with Gasteiger partial charge in [-0.05, 0) is 37.8 Å². The first-order valence-corrected chi connectivity index (χ1v) is 9.58. The van der Waals surface area contributed by atoms with E-state index in [1.54, 1.807) is 37.3 Å². The van der Waals surface area contributed by atoms with Crippen LogP contribution in [-0.4, -0.2) is 68.1 Å². The number of hydrogen-bond acceptors (Lipinski definition) is 5. The molecule has 2 N–H and O–H groups in total. The number of nitrogens with zero attached hydrogens (tertiary/aromatic N) is 2. The molecular weight excluding hydrogens is 382 g/mol. The molecule has 8 heteroatoms. The van der Waals surface area contributed by atoms with Crippen molar-refractivity contribution in [2.45, 2.75) is 31.7 Å². The minimum absolute atomic E-state index is 0. The Morgan fingerprint density at radius 1 is 0.964 bits per heavy atom. The summed E-state index contributed by atoms with van der Waals surface area (Å²) in [5, 5.41) is 0. The third-order valence-corrected chi connectivity index (χ3v) is 5.50. The van der Waals surface area contributed by atoms with E-state index in [0.717, 1.165) is 19.4 Å². The van der Waals surface area contributed by atoms with E-state index in [2.05, 4.69) is 0 Å². The molecule has 1 unspecified atom stereocenters. The summed E-state index contributed by atoms with van der Waals surface area (Å²) in [6, 6.07) is 5.27.